The predicted octanol–water partition coefficient (Wildman–Crippen LogP) is 1.83. The van der Waals surface area contributed by atoms with Gasteiger partial charge < -0.3 is 5.11 Å². The normalized spacial score (nSPS) is 15.5. The van der Waals surface area contributed by atoms with E-state index >= 15 is 0 Å². The van der Waals surface area contributed by atoms with Crippen molar-refractivity contribution in [1.82, 2.24) is 9.97 Å². The predicted molar refractivity (Wildman–Crippen MR) is 123 cm³/mol. The molecule has 1 aliphatic heterocycles. The van der Waals surface area contributed by atoms with Gasteiger partial charge >= 0.3 is 5.69 Å². The number of aromatic amines is 2. The van der Waals surface area contributed by atoms with Crippen molar-refractivity contribution in [3.63, 3.8) is 0 Å². The fraction of sp³-hybridized carbons (Fsp3) is 0.0455. The van der Waals surface area contributed by atoms with Gasteiger partial charge in [0.1, 0.15) is 11.1 Å². The number of hydrogen-bond donors (Lipinski definition) is 3. The molecule has 1 fully saturated rings. The van der Waals surface area contributed by atoms with Gasteiger partial charge in [-0.1, -0.05) is 35.9 Å². The summed E-state index contributed by atoms with van der Waals surface area (Å²) < 4.78 is 0. The molecule has 0 aliphatic carbocycles. The number of aromatic nitrogens is 2. The summed E-state index contributed by atoms with van der Waals surface area (Å²) in [5.74, 6) is -2.33. The Morgan fingerprint density at radius 1 is 0.844 bits per heavy atom. The number of H-pyrrole nitrogens is 2. The second kappa shape index (κ2) is 8.08. The molecule has 2 aromatic carbocycles. The SMILES string of the molecule is Cc1ccc(N2C(=O)C(=Cc3c(O)[nH]c(=O)[nH]c3=O)C(=O)N(c3ccccc3)C2=S)cc1. The standard InChI is InChI=1S/C22H16N4O5S/c1-12-7-9-14(10-8-12)26-20(30)16(11-15-17(27)23-21(31)24-18(15)28)19(29)25(22(26)32)13-5-3-2-4-6-13/h2-11H,1H3,(H3,23,24,27,28,31). The number of aromatic hydroxyl groups is 1. The zero-order valence-corrected chi connectivity index (χ0v) is 17.5. The molecule has 2 amide bonds. The number of nitrogens with zero attached hydrogens (tertiary/aromatic N) is 2. The summed E-state index contributed by atoms with van der Waals surface area (Å²) in [6, 6.07) is 15.4. The van der Waals surface area contributed by atoms with Crippen molar-refractivity contribution < 1.29 is 14.7 Å². The Hall–Kier alpha value is -4.31. The first-order chi connectivity index (χ1) is 15.3. The Morgan fingerprint density at radius 2 is 1.41 bits per heavy atom. The van der Waals surface area contributed by atoms with E-state index in [4.69, 9.17) is 12.2 Å². The lowest BCUT2D eigenvalue weighted by atomic mass is 10.1. The van der Waals surface area contributed by atoms with Crippen molar-refractivity contribution in [2.24, 2.45) is 0 Å². The summed E-state index contributed by atoms with van der Waals surface area (Å²) in [5.41, 5.74) is -0.949. The van der Waals surface area contributed by atoms with Gasteiger partial charge in [0.2, 0.25) is 5.88 Å². The Kier molecular flexibility index (Phi) is 5.29. The third-order valence-corrected chi connectivity index (χ3v) is 5.17. The van der Waals surface area contributed by atoms with Gasteiger partial charge in [-0.2, -0.15) is 0 Å². The van der Waals surface area contributed by atoms with Crippen LogP contribution in [-0.2, 0) is 9.59 Å². The van der Waals surface area contributed by atoms with E-state index in [0.717, 1.165) is 11.6 Å². The van der Waals surface area contributed by atoms with E-state index in [1.54, 1.807) is 54.6 Å². The first-order valence-corrected chi connectivity index (χ1v) is 9.80. The average molecular weight is 448 g/mol. The maximum atomic E-state index is 13.4. The Labute approximate surface area is 186 Å². The van der Waals surface area contributed by atoms with E-state index < -0.39 is 40.1 Å². The van der Waals surface area contributed by atoms with Gasteiger partial charge in [0.05, 0.1) is 11.4 Å². The molecule has 9 nitrogen and oxygen atoms in total. The van der Waals surface area contributed by atoms with E-state index in [1.807, 2.05) is 16.9 Å². The van der Waals surface area contributed by atoms with Crippen molar-refractivity contribution in [3.05, 3.63) is 92.1 Å². The van der Waals surface area contributed by atoms with Crippen LogP contribution in [0.5, 0.6) is 5.88 Å². The Morgan fingerprint density at radius 3 is 1.97 bits per heavy atom. The van der Waals surface area contributed by atoms with Crippen LogP contribution < -0.4 is 21.0 Å². The van der Waals surface area contributed by atoms with Gasteiger partial charge in [-0.25, -0.2) is 4.79 Å². The van der Waals surface area contributed by atoms with Crippen molar-refractivity contribution >= 4 is 46.6 Å². The van der Waals surface area contributed by atoms with Crippen molar-refractivity contribution in [1.29, 1.82) is 0 Å². The maximum Gasteiger partial charge on any atom is 0.328 e. The van der Waals surface area contributed by atoms with E-state index in [2.05, 4.69) is 0 Å². The highest BCUT2D eigenvalue weighted by Gasteiger charge is 2.41. The first kappa shape index (κ1) is 20.9. The smallest absolute Gasteiger partial charge is 0.328 e. The summed E-state index contributed by atoms with van der Waals surface area (Å²) in [4.78, 5) is 56.6. The summed E-state index contributed by atoms with van der Waals surface area (Å²) >= 11 is 5.50. The Balaban J connectivity index is 1.93. The fourth-order valence-electron chi connectivity index (χ4n) is 3.22. The van der Waals surface area contributed by atoms with Crippen molar-refractivity contribution in [2.45, 2.75) is 6.92 Å². The molecule has 32 heavy (non-hydrogen) atoms. The number of rotatable bonds is 3. The van der Waals surface area contributed by atoms with Crippen LogP contribution in [0.4, 0.5) is 11.4 Å². The lowest BCUT2D eigenvalue weighted by molar-refractivity contribution is -0.120. The van der Waals surface area contributed by atoms with Crippen LogP contribution in [0.25, 0.3) is 6.08 Å². The minimum Gasteiger partial charge on any atom is -0.494 e. The van der Waals surface area contributed by atoms with Crippen LogP contribution in [0.15, 0.2) is 69.8 Å². The molecule has 160 valence electrons. The third kappa shape index (κ3) is 3.63. The number of carbonyl (C=O) groups is 2. The first-order valence-electron chi connectivity index (χ1n) is 9.40. The molecule has 3 N–H and O–H groups in total. The second-order valence-corrected chi connectivity index (χ2v) is 7.33. The molecular weight excluding hydrogens is 432 g/mol. The second-order valence-electron chi connectivity index (χ2n) is 6.96. The van der Waals surface area contributed by atoms with Crippen LogP contribution in [0.2, 0.25) is 0 Å². The van der Waals surface area contributed by atoms with Crippen LogP contribution in [0, 0.1) is 6.92 Å². The number of hydrogen-bond acceptors (Lipinski definition) is 6. The third-order valence-electron chi connectivity index (χ3n) is 4.80. The molecule has 0 bridgehead atoms. The highest BCUT2D eigenvalue weighted by Crippen LogP contribution is 2.30. The molecule has 0 saturated carbocycles. The molecule has 1 aromatic heterocycles. The lowest BCUT2D eigenvalue weighted by Crippen LogP contribution is -2.57. The highest BCUT2D eigenvalue weighted by atomic mass is 32.1. The summed E-state index contributed by atoms with van der Waals surface area (Å²) in [7, 11) is 0. The minimum absolute atomic E-state index is 0.0631. The van der Waals surface area contributed by atoms with E-state index in [0.29, 0.717) is 11.4 Å². The van der Waals surface area contributed by atoms with Gasteiger partial charge in [-0.05, 0) is 49.5 Å². The Bertz CT molecular complexity index is 1390. The number of anilines is 2. The largest absolute Gasteiger partial charge is 0.494 e. The lowest BCUT2D eigenvalue weighted by Gasteiger charge is -2.36. The van der Waals surface area contributed by atoms with Gasteiger partial charge in [0, 0.05) is 0 Å². The van der Waals surface area contributed by atoms with Gasteiger partial charge in [0.25, 0.3) is 17.4 Å². The van der Waals surface area contributed by atoms with Crippen LogP contribution in [-0.4, -0.2) is 32.0 Å². The minimum atomic E-state index is -0.958. The molecular formula is C22H16N4O5S. The number of amides is 2. The monoisotopic (exact) mass is 448 g/mol. The summed E-state index contributed by atoms with van der Waals surface area (Å²) in [6.07, 6.45) is 0.938. The summed E-state index contributed by atoms with van der Waals surface area (Å²) in [5, 5.41) is 9.96. The maximum absolute atomic E-state index is 13.4. The summed E-state index contributed by atoms with van der Waals surface area (Å²) in [6.45, 7) is 1.89. The van der Waals surface area contributed by atoms with Crippen molar-refractivity contribution in [3.8, 4) is 5.88 Å². The topological polar surface area (TPSA) is 127 Å². The molecule has 1 aliphatic rings. The molecule has 0 spiro atoms. The van der Waals surface area contributed by atoms with Crippen LogP contribution in [0.1, 0.15) is 11.1 Å². The fourth-order valence-corrected chi connectivity index (χ4v) is 3.59. The molecule has 10 heteroatoms. The van der Waals surface area contributed by atoms with E-state index in [9.17, 15) is 24.3 Å². The number of aryl methyl sites for hydroxylation is 1. The number of thiocarbonyl (C=S) groups is 1. The molecule has 3 aromatic rings. The van der Waals surface area contributed by atoms with E-state index in [-0.39, 0.29) is 5.11 Å². The highest BCUT2D eigenvalue weighted by molar-refractivity contribution is 7.81. The van der Waals surface area contributed by atoms with Gasteiger partial charge in [-0.3, -0.25) is 34.2 Å². The molecule has 0 radical (unpaired) electrons. The number of benzene rings is 2. The molecule has 1 saturated heterocycles. The number of nitrogens with one attached hydrogen (secondary N) is 2. The van der Waals surface area contributed by atoms with Crippen LogP contribution >= 0.6 is 12.2 Å². The molecule has 0 atom stereocenters. The zero-order valence-electron chi connectivity index (χ0n) is 16.7. The average Bonchev–Trinajstić information content (AvgIpc) is 2.75. The molecule has 2 heterocycles. The van der Waals surface area contributed by atoms with Gasteiger partial charge in [0.15, 0.2) is 5.11 Å². The zero-order chi connectivity index (χ0) is 23.0. The quantitative estimate of drug-likeness (QED) is 0.319. The van der Waals surface area contributed by atoms with Crippen LogP contribution in [0.3, 0.4) is 0 Å². The van der Waals surface area contributed by atoms with E-state index in [1.165, 1.54) is 9.80 Å². The number of para-hydroxylation sites is 1. The van der Waals surface area contributed by atoms with Crippen molar-refractivity contribution in [2.75, 3.05) is 9.80 Å². The molecule has 0 unspecified atom stereocenters. The number of carbonyl (C=O) groups excluding carboxylic acids is 2. The van der Waals surface area contributed by atoms with Gasteiger partial charge in [-0.15, -0.1) is 0 Å². The molecule has 4 rings (SSSR count).